The molecule has 0 spiro atoms. The highest BCUT2D eigenvalue weighted by atomic mass is 79.9. The van der Waals surface area contributed by atoms with Crippen molar-refractivity contribution in [3.8, 4) is 11.3 Å². The molecule has 0 fully saturated rings. The number of hydrogen-bond acceptors (Lipinski definition) is 6. The maximum Gasteiger partial charge on any atom is 0.425 e. The zero-order valence-electron chi connectivity index (χ0n) is 18.9. The number of benzene rings is 2. The molecule has 0 unspecified atom stereocenters. The monoisotopic (exact) mass is 534 g/mol. The lowest BCUT2D eigenvalue weighted by atomic mass is 10.1. The first kappa shape index (κ1) is 24.7. The van der Waals surface area contributed by atoms with Gasteiger partial charge in [0.15, 0.2) is 5.82 Å². The quantitative estimate of drug-likeness (QED) is 0.377. The molecule has 2 aromatic carbocycles. The molecule has 0 saturated carbocycles. The predicted molar refractivity (Wildman–Crippen MR) is 129 cm³/mol. The molecule has 1 atom stereocenters. The molecule has 0 saturated heterocycles. The zero-order chi connectivity index (χ0) is 24.3. The first-order valence-electron chi connectivity index (χ1n) is 10.1. The molecule has 2 amide bonds. The fourth-order valence-electron chi connectivity index (χ4n) is 3.02. The molecule has 0 radical (unpaired) electrons. The second kappa shape index (κ2) is 9.93. The number of hydrogen-bond donors (Lipinski definition) is 0. The Labute approximate surface area is 205 Å². The third-order valence-electron chi connectivity index (χ3n) is 4.51. The molecule has 8 nitrogen and oxygen atoms in total. The highest BCUT2D eigenvalue weighted by Crippen LogP contribution is 2.32. The van der Waals surface area contributed by atoms with E-state index in [9.17, 15) is 9.59 Å². The summed E-state index contributed by atoms with van der Waals surface area (Å²) in [6, 6.07) is 14.2. The Balaban J connectivity index is 2.03. The van der Waals surface area contributed by atoms with Crippen molar-refractivity contribution in [3.63, 3.8) is 0 Å². The second-order valence-electron chi connectivity index (χ2n) is 8.26. The van der Waals surface area contributed by atoms with Crippen LogP contribution in [0.2, 0.25) is 5.02 Å². The molecule has 0 N–H and O–H groups in total. The van der Waals surface area contributed by atoms with Gasteiger partial charge in [0.1, 0.15) is 17.4 Å². The van der Waals surface area contributed by atoms with E-state index in [1.54, 1.807) is 71.1 Å². The van der Waals surface area contributed by atoms with E-state index in [4.69, 9.17) is 21.1 Å². The van der Waals surface area contributed by atoms with E-state index in [0.717, 1.165) is 9.37 Å². The first-order chi connectivity index (χ1) is 15.5. The minimum absolute atomic E-state index is 0.114. The Morgan fingerprint density at radius 2 is 1.73 bits per heavy atom. The number of nitrogens with zero attached hydrogens (tertiary/aromatic N) is 4. The van der Waals surface area contributed by atoms with E-state index < -0.39 is 23.9 Å². The van der Waals surface area contributed by atoms with Crippen LogP contribution in [0.25, 0.3) is 11.3 Å². The van der Waals surface area contributed by atoms with Gasteiger partial charge in [0, 0.05) is 27.7 Å². The van der Waals surface area contributed by atoms with Crippen LogP contribution in [0.5, 0.6) is 0 Å². The van der Waals surface area contributed by atoms with Gasteiger partial charge in [-0.05, 0) is 45.9 Å². The number of anilines is 1. The number of carbonyl (C=O) groups excluding carboxylic acids is 2. The Morgan fingerprint density at radius 3 is 2.33 bits per heavy atom. The summed E-state index contributed by atoms with van der Waals surface area (Å²) in [5.74, 6) is 0.114. The smallest absolute Gasteiger partial charge is 0.425 e. The summed E-state index contributed by atoms with van der Waals surface area (Å²) >= 11 is 9.64. The molecular formula is C23H24BrClN4O4. The van der Waals surface area contributed by atoms with Crippen molar-refractivity contribution in [2.45, 2.75) is 39.4 Å². The molecule has 3 rings (SSSR count). The SMILES string of the molecule is C[C@@H](OC(=O)N(C(=O)OC(C)(C)C)c1c(-c2ccc(Br)cc2)nnn1C)c1ccccc1Cl. The molecular weight excluding hydrogens is 512 g/mol. The summed E-state index contributed by atoms with van der Waals surface area (Å²) in [7, 11) is 1.58. The average Bonchev–Trinajstić information content (AvgIpc) is 3.09. The molecule has 33 heavy (non-hydrogen) atoms. The lowest BCUT2D eigenvalue weighted by molar-refractivity contribution is 0.0544. The number of halogens is 2. The topological polar surface area (TPSA) is 86.6 Å². The van der Waals surface area contributed by atoms with E-state index >= 15 is 0 Å². The van der Waals surface area contributed by atoms with Gasteiger partial charge in [-0.3, -0.25) is 0 Å². The summed E-state index contributed by atoms with van der Waals surface area (Å²) in [6.07, 6.45) is -2.59. The molecule has 0 aliphatic carbocycles. The van der Waals surface area contributed by atoms with Gasteiger partial charge in [-0.2, -0.15) is 4.90 Å². The van der Waals surface area contributed by atoms with Crippen molar-refractivity contribution in [2.75, 3.05) is 4.90 Å². The molecule has 3 aromatic rings. The third-order valence-corrected chi connectivity index (χ3v) is 5.38. The highest BCUT2D eigenvalue weighted by Gasteiger charge is 2.36. The van der Waals surface area contributed by atoms with E-state index in [1.807, 2.05) is 12.1 Å². The van der Waals surface area contributed by atoms with Gasteiger partial charge in [-0.1, -0.05) is 63.1 Å². The van der Waals surface area contributed by atoms with Crippen LogP contribution in [0.15, 0.2) is 53.0 Å². The zero-order valence-corrected chi connectivity index (χ0v) is 21.2. The van der Waals surface area contributed by atoms with Crippen molar-refractivity contribution >= 4 is 45.5 Å². The summed E-state index contributed by atoms with van der Waals surface area (Å²) in [6.45, 7) is 6.79. The van der Waals surface area contributed by atoms with Crippen LogP contribution >= 0.6 is 27.5 Å². The van der Waals surface area contributed by atoms with Crippen LogP contribution in [-0.4, -0.2) is 32.8 Å². The molecule has 0 bridgehead atoms. The number of rotatable bonds is 4. The van der Waals surface area contributed by atoms with Gasteiger partial charge in [-0.25, -0.2) is 14.3 Å². The van der Waals surface area contributed by atoms with E-state index in [1.165, 1.54) is 4.68 Å². The van der Waals surface area contributed by atoms with Gasteiger partial charge in [0.25, 0.3) is 0 Å². The Kier molecular flexibility index (Phi) is 7.44. The number of carbonyl (C=O) groups is 2. The van der Waals surface area contributed by atoms with Gasteiger partial charge >= 0.3 is 12.2 Å². The normalized spacial score (nSPS) is 12.2. The molecule has 1 heterocycles. The van der Waals surface area contributed by atoms with Crippen LogP contribution in [0.4, 0.5) is 15.4 Å². The minimum Gasteiger partial charge on any atom is -0.443 e. The predicted octanol–water partition coefficient (Wildman–Crippen LogP) is 6.54. The summed E-state index contributed by atoms with van der Waals surface area (Å²) in [5, 5.41) is 8.64. The van der Waals surface area contributed by atoms with Gasteiger partial charge in [-0.15, -0.1) is 5.10 Å². The van der Waals surface area contributed by atoms with Crippen molar-refractivity contribution in [2.24, 2.45) is 7.05 Å². The van der Waals surface area contributed by atoms with Crippen LogP contribution in [0, 0.1) is 0 Å². The number of ether oxygens (including phenoxy) is 2. The standard InChI is InChI=1S/C23H24BrClN4O4/c1-14(17-8-6-7-9-18(17)25)32-21(30)29(22(31)33-23(2,3)4)20-19(26-27-28(20)5)15-10-12-16(24)13-11-15/h6-14H,1-5H3/t14-/m1/s1. The second-order valence-corrected chi connectivity index (χ2v) is 9.58. The Bertz CT molecular complexity index is 1160. The van der Waals surface area contributed by atoms with Crippen molar-refractivity contribution in [3.05, 3.63) is 63.6 Å². The van der Waals surface area contributed by atoms with E-state index in [2.05, 4.69) is 26.2 Å². The minimum atomic E-state index is -0.944. The van der Waals surface area contributed by atoms with Crippen LogP contribution in [-0.2, 0) is 16.5 Å². The van der Waals surface area contributed by atoms with Crippen LogP contribution in [0.3, 0.4) is 0 Å². The third kappa shape index (κ3) is 5.91. The van der Waals surface area contributed by atoms with Gasteiger partial charge in [0.05, 0.1) is 0 Å². The van der Waals surface area contributed by atoms with Crippen molar-refractivity contribution < 1.29 is 19.1 Å². The van der Waals surface area contributed by atoms with E-state index in [-0.39, 0.29) is 5.82 Å². The number of aromatic nitrogens is 3. The maximum absolute atomic E-state index is 13.3. The van der Waals surface area contributed by atoms with Crippen molar-refractivity contribution in [1.82, 2.24) is 15.0 Å². The fourth-order valence-corrected chi connectivity index (χ4v) is 3.58. The lowest BCUT2D eigenvalue weighted by Crippen LogP contribution is -2.43. The Hall–Kier alpha value is -2.91. The highest BCUT2D eigenvalue weighted by molar-refractivity contribution is 9.10. The average molecular weight is 536 g/mol. The number of amides is 2. The van der Waals surface area contributed by atoms with Crippen molar-refractivity contribution in [1.29, 1.82) is 0 Å². The van der Waals surface area contributed by atoms with Gasteiger partial charge < -0.3 is 9.47 Å². The molecule has 174 valence electrons. The maximum atomic E-state index is 13.3. The number of imide groups is 1. The molecule has 10 heteroatoms. The molecule has 0 aliphatic rings. The van der Waals surface area contributed by atoms with Crippen LogP contribution < -0.4 is 4.90 Å². The summed E-state index contributed by atoms with van der Waals surface area (Å²) in [5.41, 5.74) is 0.723. The number of aryl methyl sites for hydroxylation is 1. The summed E-state index contributed by atoms with van der Waals surface area (Å²) < 4.78 is 13.3. The van der Waals surface area contributed by atoms with Gasteiger partial charge in [0.2, 0.25) is 0 Å². The first-order valence-corrected chi connectivity index (χ1v) is 11.3. The Morgan fingerprint density at radius 1 is 1.09 bits per heavy atom. The molecule has 1 aromatic heterocycles. The lowest BCUT2D eigenvalue weighted by Gasteiger charge is -2.27. The van der Waals surface area contributed by atoms with E-state index in [0.29, 0.717) is 21.8 Å². The fraction of sp³-hybridized carbons (Fsp3) is 0.304. The molecule has 0 aliphatic heterocycles. The van der Waals surface area contributed by atoms with Crippen LogP contribution in [0.1, 0.15) is 39.4 Å². The largest absolute Gasteiger partial charge is 0.443 e. The summed E-state index contributed by atoms with van der Waals surface area (Å²) in [4.78, 5) is 27.3.